The molecule has 2 fully saturated rings. The molecule has 6 atom stereocenters. The molecule has 5 nitrogen and oxygen atoms in total. The molecule has 0 bridgehead atoms. The number of hydrogen-bond donors (Lipinski definition) is 3. The number of benzene rings is 1. The molecule has 0 aromatic heterocycles. The van der Waals surface area contributed by atoms with Gasteiger partial charge in [0.15, 0.2) is 0 Å². The third-order valence-corrected chi connectivity index (χ3v) is 9.05. The van der Waals surface area contributed by atoms with Crippen molar-refractivity contribution in [3.63, 3.8) is 0 Å². The van der Waals surface area contributed by atoms with Crippen LogP contribution in [0.15, 0.2) is 29.2 Å². The zero-order valence-electron chi connectivity index (χ0n) is 17.8. The Hall–Kier alpha value is -0.950. The number of fused-ring (bicyclic) bond motifs is 1. The number of hydrogen-bond acceptors (Lipinski definition) is 4. The molecule has 1 aromatic carbocycles. The molecule has 0 spiro atoms. The highest BCUT2D eigenvalue weighted by Crippen LogP contribution is 2.52. The van der Waals surface area contributed by atoms with E-state index < -0.39 is 21.2 Å². The SMILES string of the molecule is Cc1ccc(S(=O)(=O)N[C@@]2(C)CC[C@H](C(C)C)[C@H]3[C@@H](N)[C@](C)(O)CC[C@@H]32)cc1. The maximum atomic E-state index is 13.1. The summed E-state index contributed by atoms with van der Waals surface area (Å²) in [7, 11) is -3.62. The lowest BCUT2D eigenvalue weighted by Crippen LogP contribution is -2.67. The normalized spacial score (nSPS) is 39.0. The van der Waals surface area contributed by atoms with E-state index in [1.807, 2.05) is 32.9 Å². The van der Waals surface area contributed by atoms with E-state index in [9.17, 15) is 13.5 Å². The molecule has 3 rings (SSSR count). The Morgan fingerprint density at radius 3 is 2.32 bits per heavy atom. The van der Waals surface area contributed by atoms with Gasteiger partial charge in [0.2, 0.25) is 10.0 Å². The number of sulfonamides is 1. The Kier molecular flexibility index (Phi) is 5.74. The van der Waals surface area contributed by atoms with E-state index in [2.05, 4.69) is 18.6 Å². The summed E-state index contributed by atoms with van der Waals surface area (Å²) in [5, 5.41) is 10.8. The van der Waals surface area contributed by atoms with Crippen molar-refractivity contribution in [1.82, 2.24) is 4.72 Å². The van der Waals surface area contributed by atoms with Crippen LogP contribution in [0.5, 0.6) is 0 Å². The average molecular weight is 409 g/mol. The van der Waals surface area contributed by atoms with E-state index in [-0.39, 0.29) is 17.9 Å². The fourth-order valence-corrected chi connectivity index (χ4v) is 7.09. The van der Waals surface area contributed by atoms with E-state index in [1.54, 1.807) is 12.1 Å². The Balaban J connectivity index is 1.94. The molecule has 2 aliphatic rings. The number of nitrogens with two attached hydrogens (primary N) is 1. The van der Waals surface area contributed by atoms with E-state index in [0.29, 0.717) is 23.2 Å². The molecule has 6 heteroatoms. The standard InChI is InChI=1S/C22H36N2O3S/c1-14(2)17-10-12-21(4,18-11-13-22(5,25)20(23)19(17)18)24-28(26,27)16-8-6-15(3)7-9-16/h6-9,14,17-20,24-25H,10-13,23H2,1-5H3/t17-,18+,19-,20-,21+,22-/m1/s1. The number of rotatable bonds is 4. The quantitative estimate of drug-likeness (QED) is 0.713. The predicted molar refractivity (Wildman–Crippen MR) is 112 cm³/mol. The number of aliphatic hydroxyl groups is 1. The second-order valence-electron chi connectivity index (χ2n) is 9.89. The topological polar surface area (TPSA) is 92.4 Å². The molecule has 0 radical (unpaired) electrons. The Morgan fingerprint density at radius 1 is 1.14 bits per heavy atom. The first-order valence-corrected chi connectivity index (χ1v) is 11.9. The van der Waals surface area contributed by atoms with Crippen molar-refractivity contribution in [1.29, 1.82) is 0 Å². The van der Waals surface area contributed by atoms with Gasteiger partial charge in [-0.3, -0.25) is 0 Å². The van der Waals surface area contributed by atoms with Crippen molar-refractivity contribution in [2.24, 2.45) is 29.4 Å². The molecule has 28 heavy (non-hydrogen) atoms. The highest BCUT2D eigenvalue weighted by Gasteiger charge is 2.56. The molecular weight excluding hydrogens is 372 g/mol. The largest absolute Gasteiger partial charge is 0.389 e. The van der Waals surface area contributed by atoms with Crippen LogP contribution in [-0.2, 0) is 10.0 Å². The first-order chi connectivity index (χ1) is 12.9. The van der Waals surface area contributed by atoms with Gasteiger partial charge in [-0.05, 0) is 82.3 Å². The van der Waals surface area contributed by atoms with Crippen molar-refractivity contribution >= 4 is 10.0 Å². The zero-order chi connectivity index (χ0) is 20.9. The molecule has 0 saturated heterocycles. The van der Waals surface area contributed by atoms with Crippen LogP contribution >= 0.6 is 0 Å². The van der Waals surface area contributed by atoms with Crippen LogP contribution < -0.4 is 10.5 Å². The minimum Gasteiger partial charge on any atom is -0.389 e. The molecule has 0 aliphatic heterocycles. The van der Waals surface area contributed by atoms with Crippen LogP contribution in [0.2, 0.25) is 0 Å². The fraction of sp³-hybridized carbons (Fsp3) is 0.727. The van der Waals surface area contributed by atoms with E-state index in [1.165, 1.54) is 0 Å². The first-order valence-electron chi connectivity index (χ1n) is 10.5. The molecule has 158 valence electrons. The lowest BCUT2D eigenvalue weighted by Gasteiger charge is -2.58. The van der Waals surface area contributed by atoms with Crippen LogP contribution in [0.4, 0.5) is 0 Å². The summed E-state index contributed by atoms with van der Waals surface area (Å²) in [5.41, 5.74) is 6.15. The third-order valence-electron chi connectivity index (χ3n) is 7.42. The molecule has 4 N–H and O–H groups in total. The van der Waals surface area contributed by atoms with Crippen molar-refractivity contribution in [2.75, 3.05) is 0 Å². The van der Waals surface area contributed by atoms with Gasteiger partial charge in [0.1, 0.15) is 0 Å². The van der Waals surface area contributed by atoms with Crippen LogP contribution in [0.1, 0.15) is 58.9 Å². The van der Waals surface area contributed by atoms with Crippen LogP contribution in [-0.4, -0.2) is 30.7 Å². The van der Waals surface area contributed by atoms with E-state index >= 15 is 0 Å². The van der Waals surface area contributed by atoms with Crippen LogP contribution in [0.3, 0.4) is 0 Å². The molecule has 1 aromatic rings. The van der Waals surface area contributed by atoms with Crippen molar-refractivity contribution in [3.05, 3.63) is 29.8 Å². The molecular formula is C22H36N2O3S. The second kappa shape index (κ2) is 7.38. The van der Waals surface area contributed by atoms with Crippen molar-refractivity contribution in [2.45, 2.75) is 82.4 Å². The molecule has 0 amide bonds. The summed E-state index contributed by atoms with van der Waals surface area (Å²) >= 11 is 0. The van der Waals surface area contributed by atoms with Gasteiger partial charge in [-0.2, -0.15) is 0 Å². The summed E-state index contributed by atoms with van der Waals surface area (Å²) < 4.78 is 29.3. The maximum Gasteiger partial charge on any atom is 0.241 e. The Labute approximate surface area is 170 Å². The van der Waals surface area contributed by atoms with E-state index in [4.69, 9.17) is 5.73 Å². The summed E-state index contributed by atoms with van der Waals surface area (Å²) in [4.78, 5) is 0.300. The van der Waals surface area contributed by atoms with Gasteiger partial charge in [-0.25, -0.2) is 13.1 Å². The molecule has 0 unspecified atom stereocenters. The Bertz CT molecular complexity index is 802. The lowest BCUT2D eigenvalue weighted by atomic mass is 9.52. The highest BCUT2D eigenvalue weighted by molar-refractivity contribution is 7.89. The molecule has 0 heterocycles. The third kappa shape index (κ3) is 3.89. The monoisotopic (exact) mass is 408 g/mol. The summed E-state index contributed by atoms with van der Waals surface area (Å²) in [6.45, 7) is 10.2. The van der Waals surface area contributed by atoms with Crippen molar-refractivity contribution in [3.8, 4) is 0 Å². The van der Waals surface area contributed by atoms with Crippen molar-refractivity contribution < 1.29 is 13.5 Å². The van der Waals surface area contributed by atoms with Gasteiger partial charge in [0.25, 0.3) is 0 Å². The predicted octanol–water partition coefficient (Wildman–Crippen LogP) is 3.20. The van der Waals surface area contributed by atoms with Crippen LogP contribution in [0, 0.1) is 30.6 Å². The summed E-state index contributed by atoms with van der Waals surface area (Å²) in [5.74, 6) is 1.06. The van der Waals surface area contributed by atoms with Gasteiger partial charge in [0, 0.05) is 11.6 Å². The van der Waals surface area contributed by atoms with Gasteiger partial charge in [-0.1, -0.05) is 31.5 Å². The lowest BCUT2D eigenvalue weighted by molar-refractivity contribution is -0.0978. The van der Waals surface area contributed by atoms with Gasteiger partial charge in [-0.15, -0.1) is 0 Å². The first kappa shape index (κ1) is 21.8. The van der Waals surface area contributed by atoms with Gasteiger partial charge in [0.05, 0.1) is 10.5 Å². The smallest absolute Gasteiger partial charge is 0.241 e. The van der Waals surface area contributed by atoms with Gasteiger partial charge < -0.3 is 10.8 Å². The number of nitrogens with one attached hydrogen (secondary N) is 1. The average Bonchev–Trinajstić information content (AvgIpc) is 2.58. The molecule has 2 aliphatic carbocycles. The summed E-state index contributed by atoms with van der Waals surface area (Å²) in [6, 6.07) is 6.62. The summed E-state index contributed by atoms with van der Waals surface area (Å²) in [6.07, 6.45) is 3.08. The van der Waals surface area contributed by atoms with Crippen LogP contribution in [0.25, 0.3) is 0 Å². The number of aryl methyl sites for hydroxylation is 1. The molecule has 2 saturated carbocycles. The highest BCUT2D eigenvalue weighted by atomic mass is 32.2. The van der Waals surface area contributed by atoms with Gasteiger partial charge >= 0.3 is 0 Å². The van der Waals surface area contributed by atoms with E-state index in [0.717, 1.165) is 24.8 Å². The minimum atomic E-state index is -3.62. The fourth-order valence-electron chi connectivity index (χ4n) is 5.61. The Morgan fingerprint density at radius 2 is 1.75 bits per heavy atom. The zero-order valence-corrected chi connectivity index (χ0v) is 18.6. The minimum absolute atomic E-state index is 0.100. The second-order valence-corrected chi connectivity index (χ2v) is 11.6. The maximum absolute atomic E-state index is 13.1.